The first-order valence-electron chi connectivity index (χ1n) is 10.1. The number of nitrogens with one attached hydrogen (secondary N) is 1. The maximum Gasteiger partial charge on any atom is 0.0433 e. The first-order valence-corrected chi connectivity index (χ1v) is 10.9. The normalized spacial score (nSPS) is 11.3. The molecule has 1 N–H and O–H groups in total. The van der Waals surface area contributed by atoms with Crippen LogP contribution < -0.4 is 5.32 Å². The Balaban J connectivity index is 1.46. The molecule has 5 aromatic carbocycles. The second-order valence-electron chi connectivity index (χ2n) is 7.55. The van der Waals surface area contributed by atoms with Crippen molar-refractivity contribution in [3.63, 3.8) is 0 Å². The fraction of sp³-hybridized carbons (Fsp3) is 0. The highest BCUT2D eigenvalue weighted by atomic mass is 32.1. The summed E-state index contributed by atoms with van der Waals surface area (Å²) in [7, 11) is 0. The molecule has 0 bridgehead atoms. The second-order valence-corrected chi connectivity index (χ2v) is 8.60. The Morgan fingerprint density at radius 3 is 2.23 bits per heavy atom. The molecular weight excluding hydrogens is 382 g/mol. The SMILES string of the molecule is c1ccc(Nc2cccc(-c3ccc4sc5c6ccccc6ccc5c4c3)c2)cc1. The number of para-hydroxylation sites is 1. The van der Waals surface area contributed by atoms with Gasteiger partial charge in [-0.15, -0.1) is 11.3 Å². The molecule has 0 spiro atoms. The summed E-state index contributed by atoms with van der Waals surface area (Å²) < 4.78 is 2.71. The Morgan fingerprint density at radius 2 is 1.30 bits per heavy atom. The molecule has 0 unspecified atom stereocenters. The Hall–Kier alpha value is -3.62. The maximum atomic E-state index is 3.50. The van der Waals surface area contributed by atoms with Gasteiger partial charge in [0.15, 0.2) is 0 Å². The van der Waals surface area contributed by atoms with Gasteiger partial charge in [-0.25, -0.2) is 0 Å². The molecule has 0 saturated carbocycles. The minimum Gasteiger partial charge on any atom is -0.356 e. The van der Waals surface area contributed by atoms with Crippen LogP contribution in [0.25, 0.3) is 42.1 Å². The largest absolute Gasteiger partial charge is 0.356 e. The highest BCUT2D eigenvalue weighted by molar-refractivity contribution is 7.26. The molecule has 0 atom stereocenters. The Bertz CT molecular complexity index is 1510. The van der Waals surface area contributed by atoms with Gasteiger partial charge in [0.05, 0.1) is 0 Å². The van der Waals surface area contributed by atoms with Gasteiger partial charge in [-0.3, -0.25) is 0 Å². The monoisotopic (exact) mass is 401 g/mol. The summed E-state index contributed by atoms with van der Waals surface area (Å²) in [6.07, 6.45) is 0. The lowest BCUT2D eigenvalue weighted by Crippen LogP contribution is -1.90. The fourth-order valence-electron chi connectivity index (χ4n) is 4.15. The van der Waals surface area contributed by atoms with Gasteiger partial charge in [-0.05, 0) is 58.3 Å². The molecule has 0 aliphatic rings. The standard InChI is InChI=1S/C28H19NS/c1-2-9-22(10-3-1)29-23-11-6-8-20(17-23)21-14-16-27-26(18-21)25-15-13-19-7-4-5-12-24(19)28(25)30-27/h1-18,29H. The molecule has 0 saturated heterocycles. The Labute approximate surface area is 179 Å². The second kappa shape index (κ2) is 7.01. The van der Waals surface area contributed by atoms with Gasteiger partial charge in [0.2, 0.25) is 0 Å². The smallest absolute Gasteiger partial charge is 0.0433 e. The minimum atomic E-state index is 1.10. The van der Waals surface area contributed by atoms with E-state index < -0.39 is 0 Å². The van der Waals surface area contributed by atoms with E-state index in [0.717, 1.165) is 11.4 Å². The van der Waals surface area contributed by atoms with Gasteiger partial charge in [0.1, 0.15) is 0 Å². The van der Waals surface area contributed by atoms with E-state index in [4.69, 9.17) is 0 Å². The van der Waals surface area contributed by atoms with Gasteiger partial charge in [0, 0.05) is 31.5 Å². The number of rotatable bonds is 3. The summed E-state index contributed by atoms with van der Waals surface area (Å²) in [4.78, 5) is 0. The summed E-state index contributed by atoms with van der Waals surface area (Å²) in [5.41, 5.74) is 4.66. The minimum absolute atomic E-state index is 1.10. The van der Waals surface area contributed by atoms with Crippen molar-refractivity contribution in [2.24, 2.45) is 0 Å². The highest BCUT2D eigenvalue weighted by Crippen LogP contribution is 2.40. The van der Waals surface area contributed by atoms with Gasteiger partial charge in [0.25, 0.3) is 0 Å². The van der Waals surface area contributed by atoms with Crippen LogP contribution in [0.4, 0.5) is 11.4 Å². The number of benzene rings is 5. The van der Waals surface area contributed by atoms with Crippen molar-refractivity contribution in [1.29, 1.82) is 0 Å². The van der Waals surface area contributed by atoms with Crippen LogP contribution in [0.2, 0.25) is 0 Å². The lowest BCUT2D eigenvalue weighted by molar-refractivity contribution is 1.54. The molecule has 142 valence electrons. The fourth-order valence-corrected chi connectivity index (χ4v) is 5.37. The molecule has 1 aromatic heterocycles. The first-order chi connectivity index (χ1) is 14.8. The van der Waals surface area contributed by atoms with Gasteiger partial charge in [-0.2, -0.15) is 0 Å². The number of hydrogen-bond donors (Lipinski definition) is 1. The van der Waals surface area contributed by atoms with Crippen molar-refractivity contribution in [3.05, 3.63) is 109 Å². The van der Waals surface area contributed by atoms with Crippen LogP contribution in [0.15, 0.2) is 109 Å². The summed E-state index contributed by atoms with van der Waals surface area (Å²) in [6, 6.07) is 38.9. The molecule has 0 aliphatic carbocycles. The first kappa shape index (κ1) is 17.3. The maximum absolute atomic E-state index is 3.50. The predicted molar refractivity (Wildman–Crippen MR) is 132 cm³/mol. The van der Waals surface area contributed by atoms with Gasteiger partial charge < -0.3 is 5.32 Å². The molecule has 1 heterocycles. The van der Waals surface area contributed by atoms with Gasteiger partial charge in [-0.1, -0.05) is 72.8 Å². The lowest BCUT2D eigenvalue weighted by Gasteiger charge is -2.09. The number of hydrogen-bond acceptors (Lipinski definition) is 2. The van der Waals surface area contributed by atoms with Crippen molar-refractivity contribution in [2.75, 3.05) is 5.32 Å². The van der Waals surface area contributed by atoms with Crippen LogP contribution in [0.3, 0.4) is 0 Å². The van der Waals surface area contributed by atoms with Crippen molar-refractivity contribution < 1.29 is 0 Å². The van der Waals surface area contributed by atoms with E-state index in [1.54, 1.807) is 0 Å². The molecule has 30 heavy (non-hydrogen) atoms. The van der Waals surface area contributed by atoms with E-state index in [1.165, 1.54) is 42.1 Å². The van der Waals surface area contributed by atoms with Crippen molar-refractivity contribution in [1.82, 2.24) is 0 Å². The molecular formula is C28H19NS. The Morgan fingerprint density at radius 1 is 0.500 bits per heavy atom. The topological polar surface area (TPSA) is 12.0 Å². The molecule has 0 fully saturated rings. The van der Waals surface area contributed by atoms with E-state index in [1.807, 2.05) is 29.5 Å². The summed E-state index contributed by atoms with van der Waals surface area (Å²) in [5.74, 6) is 0. The van der Waals surface area contributed by atoms with Crippen LogP contribution in [0, 0.1) is 0 Å². The zero-order valence-corrected chi connectivity index (χ0v) is 17.1. The third kappa shape index (κ3) is 2.94. The van der Waals surface area contributed by atoms with Crippen molar-refractivity contribution in [3.8, 4) is 11.1 Å². The predicted octanol–water partition coefficient (Wildman–Crippen LogP) is 8.62. The number of thiophene rings is 1. The third-order valence-corrected chi connectivity index (χ3v) is 6.84. The van der Waals surface area contributed by atoms with Crippen LogP contribution in [0.1, 0.15) is 0 Å². The zero-order valence-electron chi connectivity index (χ0n) is 16.3. The molecule has 2 heteroatoms. The molecule has 0 amide bonds. The van der Waals surface area contributed by atoms with E-state index >= 15 is 0 Å². The van der Waals surface area contributed by atoms with Crippen LogP contribution in [0.5, 0.6) is 0 Å². The molecule has 0 radical (unpaired) electrons. The van der Waals surface area contributed by atoms with E-state index in [2.05, 4.69) is 96.3 Å². The number of fused-ring (bicyclic) bond motifs is 5. The Kier molecular flexibility index (Phi) is 4.03. The molecule has 6 rings (SSSR count). The zero-order chi connectivity index (χ0) is 19.9. The van der Waals surface area contributed by atoms with E-state index in [-0.39, 0.29) is 0 Å². The summed E-state index contributed by atoms with van der Waals surface area (Å²) in [6.45, 7) is 0. The average Bonchev–Trinajstić information content (AvgIpc) is 3.18. The van der Waals surface area contributed by atoms with Crippen LogP contribution in [-0.2, 0) is 0 Å². The summed E-state index contributed by atoms with van der Waals surface area (Å²) in [5, 5.41) is 8.81. The quantitative estimate of drug-likeness (QED) is 0.313. The summed E-state index contributed by atoms with van der Waals surface area (Å²) >= 11 is 1.89. The average molecular weight is 402 g/mol. The van der Waals surface area contributed by atoms with Gasteiger partial charge >= 0.3 is 0 Å². The number of anilines is 2. The molecule has 0 aliphatic heterocycles. The molecule has 6 aromatic rings. The lowest BCUT2D eigenvalue weighted by atomic mass is 10.0. The van der Waals surface area contributed by atoms with Crippen LogP contribution >= 0.6 is 11.3 Å². The third-order valence-electron chi connectivity index (χ3n) is 5.62. The van der Waals surface area contributed by atoms with Crippen LogP contribution in [-0.4, -0.2) is 0 Å². The highest BCUT2D eigenvalue weighted by Gasteiger charge is 2.10. The van der Waals surface area contributed by atoms with E-state index in [9.17, 15) is 0 Å². The molecule has 1 nitrogen and oxygen atoms in total. The van der Waals surface area contributed by atoms with E-state index in [0.29, 0.717) is 0 Å². The van der Waals surface area contributed by atoms with Crippen molar-refractivity contribution in [2.45, 2.75) is 0 Å². The van der Waals surface area contributed by atoms with Crippen molar-refractivity contribution >= 4 is 53.7 Å².